The topological polar surface area (TPSA) is 146 Å². The van der Waals surface area contributed by atoms with Gasteiger partial charge in [-0.1, -0.05) is 5.92 Å². The van der Waals surface area contributed by atoms with Crippen molar-refractivity contribution in [1.29, 1.82) is 15.8 Å². The Morgan fingerprint density at radius 3 is 1.38 bits per heavy atom. The van der Waals surface area contributed by atoms with E-state index >= 15 is 0 Å². The van der Waals surface area contributed by atoms with Crippen LogP contribution in [0, 0.1) is 46.3 Å². The normalized spacial score (nSPS) is 13.5. The quantitative estimate of drug-likeness (QED) is 0.288. The fraction of sp³-hybridized carbons (Fsp3) is 0. The highest BCUT2D eigenvalue weighted by Gasteiger charge is 2.41. The molecule has 4 aromatic carbocycles. The summed E-state index contributed by atoms with van der Waals surface area (Å²) < 4.78 is 0. The molecule has 2 heterocycles. The van der Waals surface area contributed by atoms with Crippen molar-refractivity contribution in [2.24, 2.45) is 0 Å². The number of nitriles is 3. The summed E-state index contributed by atoms with van der Waals surface area (Å²) in [4.78, 5) is 56.3. The zero-order chi connectivity index (χ0) is 28.3. The van der Waals surface area contributed by atoms with Gasteiger partial charge in [0, 0.05) is 38.6 Å². The van der Waals surface area contributed by atoms with Gasteiger partial charge in [0.1, 0.15) is 6.07 Å². The number of hydrogen-bond acceptors (Lipinski definition) is 7. The second-order valence-electron chi connectivity index (χ2n) is 8.94. The van der Waals surface area contributed by atoms with E-state index in [9.17, 15) is 35.0 Å². The largest absolute Gasteiger partial charge is 0.268 e. The van der Waals surface area contributed by atoms with E-state index in [0.29, 0.717) is 5.56 Å². The van der Waals surface area contributed by atoms with Gasteiger partial charge in [-0.2, -0.15) is 15.8 Å². The van der Waals surface area contributed by atoms with E-state index in [-0.39, 0.29) is 61.1 Å². The van der Waals surface area contributed by atoms with Crippen LogP contribution in [0.1, 0.15) is 63.7 Å². The van der Waals surface area contributed by atoms with Crippen LogP contribution in [0.15, 0.2) is 60.7 Å². The minimum Gasteiger partial charge on any atom is -0.268 e. The second kappa shape index (κ2) is 8.50. The maximum absolute atomic E-state index is 13.6. The smallest absolute Gasteiger partial charge is 0.265 e. The van der Waals surface area contributed by atoms with Crippen LogP contribution in [0.3, 0.4) is 0 Å². The molecule has 2 aliphatic rings. The third-order valence-electron chi connectivity index (χ3n) is 6.87. The molecule has 9 heteroatoms. The van der Waals surface area contributed by atoms with E-state index in [1.807, 2.05) is 18.2 Å². The van der Waals surface area contributed by atoms with Crippen molar-refractivity contribution in [1.82, 2.24) is 0 Å². The standard InChI is InChI=1S/C31H11N5O4/c1-2-18-3-4-20(12-19(18)15-34)35-28(37)22-5-7-24-27-25(8-6-23(26(22)27)29(35)38)31(40)36(30(24)39)21-10-16(13-32)9-17(11-21)14-33/h1,3-12H. The molecule has 0 saturated heterocycles. The Hall–Kier alpha value is -6.55. The number of amides is 4. The lowest BCUT2D eigenvalue weighted by atomic mass is 9.85. The van der Waals surface area contributed by atoms with Gasteiger partial charge in [-0.15, -0.1) is 6.42 Å². The summed E-state index contributed by atoms with van der Waals surface area (Å²) >= 11 is 0. The Balaban J connectivity index is 1.53. The summed E-state index contributed by atoms with van der Waals surface area (Å²) in [5.74, 6) is -0.466. The van der Waals surface area contributed by atoms with Crippen molar-refractivity contribution in [2.45, 2.75) is 0 Å². The van der Waals surface area contributed by atoms with E-state index in [1.165, 1.54) is 60.7 Å². The third kappa shape index (κ3) is 3.13. The summed E-state index contributed by atoms with van der Waals surface area (Å²) in [6.07, 6.45) is 5.43. The molecule has 0 radical (unpaired) electrons. The molecule has 0 atom stereocenters. The first-order valence-corrected chi connectivity index (χ1v) is 11.7. The highest BCUT2D eigenvalue weighted by Crippen LogP contribution is 2.40. The van der Waals surface area contributed by atoms with Gasteiger partial charge < -0.3 is 0 Å². The number of carbonyl (C=O) groups excluding carboxylic acids is 4. The highest BCUT2D eigenvalue weighted by atomic mass is 16.2. The number of rotatable bonds is 2. The molecule has 9 nitrogen and oxygen atoms in total. The first-order chi connectivity index (χ1) is 19.3. The minimum absolute atomic E-state index is 0.0479. The van der Waals surface area contributed by atoms with Crippen LogP contribution in [0.25, 0.3) is 10.8 Å². The average molecular weight is 517 g/mol. The van der Waals surface area contributed by atoms with Crippen LogP contribution < -0.4 is 9.80 Å². The second-order valence-corrected chi connectivity index (χ2v) is 8.94. The number of anilines is 2. The Morgan fingerprint density at radius 1 is 0.525 bits per heavy atom. The first-order valence-electron chi connectivity index (χ1n) is 11.7. The molecule has 184 valence electrons. The zero-order valence-corrected chi connectivity index (χ0v) is 20.2. The van der Waals surface area contributed by atoms with Crippen LogP contribution >= 0.6 is 0 Å². The van der Waals surface area contributed by atoms with Gasteiger partial charge >= 0.3 is 0 Å². The molecule has 40 heavy (non-hydrogen) atoms. The summed E-state index contributed by atoms with van der Waals surface area (Å²) in [6, 6.07) is 19.7. The van der Waals surface area contributed by atoms with Crippen molar-refractivity contribution in [3.8, 4) is 30.6 Å². The lowest BCUT2D eigenvalue weighted by Crippen LogP contribution is -2.43. The maximum Gasteiger partial charge on any atom is 0.265 e. The van der Waals surface area contributed by atoms with Crippen LogP contribution in [0.5, 0.6) is 0 Å². The number of benzene rings is 4. The average Bonchev–Trinajstić information content (AvgIpc) is 2.98. The molecule has 0 spiro atoms. The summed E-state index contributed by atoms with van der Waals surface area (Å²) in [5.41, 5.74) is 1.17. The Bertz CT molecular complexity index is 2000. The van der Waals surface area contributed by atoms with E-state index < -0.39 is 23.6 Å². The van der Waals surface area contributed by atoms with Crippen LogP contribution in [0.4, 0.5) is 11.4 Å². The molecule has 0 fully saturated rings. The van der Waals surface area contributed by atoms with E-state index in [2.05, 4.69) is 5.92 Å². The molecule has 0 aliphatic carbocycles. The lowest BCUT2D eigenvalue weighted by Gasteiger charge is -2.32. The predicted octanol–water partition coefficient (Wildman–Crippen LogP) is 4.04. The first kappa shape index (κ1) is 23.8. The van der Waals surface area contributed by atoms with Gasteiger partial charge in [0.05, 0.1) is 40.2 Å². The molecule has 4 amide bonds. The number of nitrogens with zero attached hydrogens (tertiary/aromatic N) is 5. The fourth-order valence-electron chi connectivity index (χ4n) is 5.10. The van der Waals surface area contributed by atoms with Gasteiger partial charge in [-0.05, 0) is 60.7 Å². The fourth-order valence-corrected chi connectivity index (χ4v) is 5.10. The Kier molecular flexibility index (Phi) is 5.06. The molecule has 6 rings (SSSR count). The zero-order valence-electron chi connectivity index (χ0n) is 20.2. The van der Waals surface area contributed by atoms with E-state index in [4.69, 9.17) is 6.42 Å². The molecular weight excluding hydrogens is 506 g/mol. The molecule has 0 unspecified atom stereocenters. The SMILES string of the molecule is C#Cc1ccc(N2C(=O)c3ccc4c5c(ccc(c35)C2=O)C(=O)N(c2cc(C#N)cc(C#N)c2)C4=O)cc1C#N. The lowest BCUT2D eigenvalue weighted by molar-refractivity contribution is 0.0873. The van der Waals surface area contributed by atoms with Crippen molar-refractivity contribution < 1.29 is 19.2 Å². The maximum atomic E-state index is 13.6. The van der Waals surface area contributed by atoms with E-state index in [1.54, 1.807) is 0 Å². The molecule has 0 saturated carbocycles. The summed E-state index contributed by atoms with van der Waals surface area (Å²) in [6.45, 7) is 0. The summed E-state index contributed by atoms with van der Waals surface area (Å²) in [7, 11) is 0. The number of terminal acetylenes is 1. The molecular formula is C31H11N5O4. The van der Waals surface area contributed by atoms with Gasteiger partial charge in [0.25, 0.3) is 23.6 Å². The van der Waals surface area contributed by atoms with Crippen LogP contribution in [-0.2, 0) is 0 Å². The predicted molar refractivity (Wildman–Crippen MR) is 141 cm³/mol. The Morgan fingerprint density at radius 2 is 0.975 bits per heavy atom. The van der Waals surface area contributed by atoms with Gasteiger partial charge in [0.2, 0.25) is 0 Å². The van der Waals surface area contributed by atoms with Crippen molar-refractivity contribution in [2.75, 3.05) is 9.80 Å². The molecule has 0 aromatic heterocycles. The molecule has 4 aromatic rings. The number of imide groups is 2. The molecule has 0 bridgehead atoms. The minimum atomic E-state index is -0.731. The monoisotopic (exact) mass is 517 g/mol. The van der Waals surface area contributed by atoms with Crippen LogP contribution in [-0.4, -0.2) is 23.6 Å². The van der Waals surface area contributed by atoms with Crippen LogP contribution in [0.2, 0.25) is 0 Å². The van der Waals surface area contributed by atoms with Gasteiger partial charge in [-0.3, -0.25) is 19.2 Å². The third-order valence-corrected chi connectivity index (χ3v) is 6.87. The summed E-state index contributed by atoms with van der Waals surface area (Å²) in [5, 5.41) is 28.5. The molecule has 0 N–H and O–H groups in total. The number of carbonyl (C=O) groups is 4. The van der Waals surface area contributed by atoms with Crippen molar-refractivity contribution in [3.05, 3.63) is 105 Å². The van der Waals surface area contributed by atoms with Crippen molar-refractivity contribution in [3.63, 3.8) is 0 Å². The highest BCUT2D eigenvalue weighted by molar-refractivity contribution is 6.42. The van der Waals surface area contributed by atoms with E-state index in [0.717, 1.165) is 9.80 Å². The van der Waals surface area contributed by atoms with Gasteiger partial charge in [0.15, 0.2) is 0 Å². The van der Waals surface area contributed by atoms with Gasteiger partial charge in [-0.25, -0.2) is 9.80 Å². The molecule has 2 aliphatic heterocycles. The number of hydrogen-bond donors (Lipinski definition) is 0. The Labute approximate surface area is 226 Å². The van der Waals surface area contributed by atoms with Crippen molar-refractivity contribution >= 4 is 45.8 Å².